The Morgan fingerprint density at radius 1 is 1.29 bits per heavy atom. The van der Waals surface area contributed by atoms with Crippen LogP contribution in [0.15, 0.2) is 24.3 Å². The van der Waals surface area contributed by atoms with Crippen LogP contribution < -0.4 is 10.1 Å². The summed E-state index contributed by atoms with van der Waals surface area (Å²) in [5, 5.41) is 3.37. The smallest absolute Gasteiger partial charge is 0.406 e. The van der Waals surface area contributed by atoms with Gasteiger partial charge in [-0.2, -0.15) is 0 Å². The molecule has 1 aromatic carbocycles. The van der Waals surface area contributed by atoms with E-state index in [1.165, 1.54) is 12.1 Å². The average molecular weight is 302 g/mol. The van der Waals surface area contributed by atoms with E-state index in [1.54, 1.807) is 12.1 Å². The Kier molecular flexibility index (Phi) is 5.11. The van der Waals surface area contributed by atoms with E-state index in [0.717, 1.165) is 31.5 Å². The molecule has 1 heterocycles. The third kappa shape index (κ3) is 4.61. The van der Waals surface area contributed by atoms with Crippen molar-refractivity contribution in [3.05, 3.63) is 29.8 Å². The maximum absolute atomic E-state index is 12.1. The van der Waals surface area contributed by atoms with E-state index in [1.807, 2.05) is 0 Å². The normalized spacial score (nSPS) is 21.3. The summed E-state index contributed by atoms with van der Waals surface area (Å²) in [5.41, 5.74) is 0.984. The lowest BCUT2D eigenvalue weighted by Crippen LogP contribution is -2.45. The van der Waals surface area contributed by atoms with Crippen LogP contribution in [0.2, 0.25) is 0 Å². The summed E-state index contributed by atoms with van der Waals surface area (Å²) in [6, 6.07) is 6.73. The fourth-order valence-electron chi connectivity index (χ4n) is 2.68. The largest absolute Gasteiger partial charge is 0.573 e. The molecule has 0 bridgehead atoms. The molecule has 2 atom stereocenters. The van der Waals surface area contributed by atoms with Gasteiger partial charge in [0.25, 0.3) is 0 Å². The van der Waals surface area contributed by atoms with E-state index in [0.29, 0.717) is 6.04 Å². The highest BCUT2D eigenvalue weighted by Gasteiger charge is 2.31. The quantitative estimate of drug-likeness (QED) is 0.923. The van der Waals surface area contributed by atoms with Gasteiger partial charge >= 0.3 is 6.36 Å². The highest BCUT2D eigenvalue weighted by Crippen LogP contribution is 2.27. The van der Waals surface area contributed by atoms with Crippen LogP contribution in [-0.2, 0) is 0 Å². The van der Waals surface area contributed by atoms with Crippen molar-refractivity contribution in [1.82, 2.24) is 10.2 Å². The Morgan fingerprint density at radius 2 is 1.95 bits per heavy atom. The van der Waals surface area contributed by atoms with Gasteiger partial charge in [-0.25, -0.2) is 0 Å². The molecule has 118 valence electrons. The third-order valence-corrected chi connectivity index (χ3v) is 4.05. The first-order valence-electron chi connectivity index (χ1n) is 7.15. The van der Waals surface area contributed by atoms with E-state index in [4.69, 9.17) is 0 Å². The number of nitrogens with one attached hydrogen (secondary N) is 1. The monoisotopic (exact) mass is 302 g/mol. The molecular weight excluding hydrogens is 281 g/mol. The maximum atomic E-state index is 12.1. The second kappa shape index (κ2) is 6.66. The highest BCUT2D eigenvalue weighted by atomic mass is 19.4. The van der Waals surface area contributed by atoms with Gasteiger partial charge < -0.3 is 10.1 Å². The van der Waals surface area contributed by atoms with Gasteiger partial charge in [-0.1, -0.05) is 12.1 Å². The summed E-state index contributed by atoms with van der Waals surface area (Å²) in [5.74, 6) is -0.180. The number of piperidine rings is 1. The molecular formula is C15H21F3N2O. The number of rotatable bonds is 4. The van der Waals surface area contributed by atoms with Gasteiger partial charge in [0.05, 0.1) is 0 Å². The lowest BCUT2D eigenvalue weighted by molar-refractivity contribution is -0.274. The fourth-order valence-corrected chi connectivity index (χ4v) is 2.68. The maximum Gasteiger partial charge on any atom is 0.573 e. The summed E-state index contributed by atoms with van der Waals surface area (Å²) >= 11 is 0. The lowest BCUT2D eigenvalue weighted by atomic mass is 10.0. The Hall–Kier alpha value is -1.27. The standard InChI is InChI=1S/C15H21F3N2O/c1-11(20(2)13-4-3-9-19-10-13)12-5-7-14(8-6-12)21-15(16,17)18/h5-8,11,13,19H,3-4,9-10H2,1-2H3. The summed E-state index contributed by atoms with van der Waals surface area (Å²) in [4.78, 5) is 2.27. The first-order chi connectivity index (χ1) is 9.87. The zero-order chi connectivity index (χ0) is 15.5. The highest BCUT2D eigenvalue weighted by molar-refractivity contribution is 5.29. The molecule has 1 aromatic rings. The Morgan fingerprint density at radius 3 is 2.48 bits per heavy atom. The molecule has 2 unspecified atom stereocenters. The van der Waals surface area contributed by atoms with E-state index in [2.05, 4.69) is 28.9 Å². The van der Waals surface area contributed by atoms with Gasteiger partial charge in [0, 0.05) is 18.6 Å². The van der Waals surface area contributed by atoms with Gasteiger partial charge in [-0.15, -0.1) is 13.2 Å². The van der Waals surface area contributed by atoms with E-state index < -0.39 is 6.36 Å². The van der Waals surface area contributed by atoms with Crippen LogP contribution in [0, 0.1) is 0 Å². The Labute approximate surface area is 123 Å². The molecule has 0 amide bonds. The summed E-state index contributed by atoms with van der Waals surface area (Å²) in [7, 11) is 2.06. The van der Waals surface area contributed by atoms with Crippen LogP contribution in [0.3, 0.4) is 0 Å². The van der Waals surface area contributed by atoms with Gasteiger partial charge in [-0.3, -0.25) is 4.90 Å². The molecule has 1 N–H and O–H groups in total. The molecule has 21 heavy (non-hydrogen) atoms. The van der Waals surface area contributed by atoms with Gasteiger partial charge in [0.1, 0.15) is 5.75 Å². The second-order valence-electron chi connectivity index (χ2n) is 5.46. The van der Waals surface area contributed by atoms with Crippen molar-refractivity contribution in [2.24, 2.45) is 0 Å². The number of ether oxygens (including phenoxy) is 1. The molecule has 1 fully saturated rings. The lowest BCUT2D eigenvalue weighted by Gasteiger charge is -2.36. The summed E-state index contributed by atoms with van der Waals surface area (Å²) in [6.45, 7) is 4.08. The van der Waals surface area contributed by atoms with Gasteiger partial charge in [0.2, 0.25) is 0 Å². The number of alkyl halides is 3. The van der Waals surface area contributed by atoms with Crippen molar-refractivity contribution in [3.8, 4) is 5.75 Å². The molecule has 0 aliphatic carbocycles. The Bertz CT molecular complexity index is 441. The molecule has 0 spiro atoms. The van der Waals surface area contributed by atoms with E-state index in [9.17, 15) is 13.2 Å². The van der Waals surface area contributed by atoms with Crippen LogP contribution >= 0.6 is 0 Å². The zero-order valence-electron chi connectivity index (χ0n) is 12.3. The zero-order valence-corrected chi connectivity index (χ0v) is 12.3. The topological polar surface area (TPSA) is 24.5 Å². The number of hydrogen-bond acceptors (Lipinski definition) is 3. The first-order valence-corrected chi connectivity index (χ1v) is 7.15. The molecule has 2 rings (SSSR count). The molecule has 1 aliphatic rings. The summed E-state index contributed by atoms with van der Waals surface area (Å²) < 4.78 is 40.3. The minimum atomic E-state index is -4.64. The average Bonchev–Trinajstić information content (AvgIpc) is 2.46. The summed E-state index contributed by atoms with van der Waals surface area (Å²) in [6.07, 6.45) is -2.35. The van der Waals surface area contributed by atoms with Crippen LogP contribution in [-0.4, -0.2) is 37.4 Å². The number of likely N-dealkylation sites (N-methyl/N-ethyl adjacent to an activating group) is 1. The van der Waals surface area contributed by atoms with Crippen LogP contribution in [0.25, 0.3) is 0 Å². The van der Waals surface area contributed by atoms with Crippen molar-refractivity contribution in [2.75, 3.05) is 20.1 Å². The van der Waals surface area contributed by atoms with Crippen LogP contribution in [0.1, 0.15) is 31.4 Å². The first kappa shape index (κ1) is 16.1. The van der Waals surface area contributed by atoms with Crippen molar-refractivity contribution >= 4 is 0 Å². The minimum absolute atomic E-state index is 0.148. The Balaban J connectivity index is 2.00. The third-order valence-electron chi connectivity index (χ3n) is 4.05. The second-order valence-corrected chi connectivity index (χ2v) is 5.46. The molecule has 0 radical (unpaired) electrons. The van der Waals surface area contributed by atoms with Crippen molar-refractivity contribution < 1.29 is 17.9 Å². The minimum Gasteiger partial charge on any atom is -0.406 e. The molecule has 3 nitrogen and oxygen atoms in total. The van der Waals surface area contributed by atoms with E-state index >= 15 is 0 Å². The van der Waals surface area contributed by atoms with E-state index in [-0.39, 0.29) is 11.8 Å². The molecule has 0 saturated carbocycles. The predicted molar refractivity (Wildman–Crippen MR) is 75.2 cm³/mol. The van der Waals surface area contributed by atoms with Gasteiger partial charge in [0.15, 0.2) is 0 Å². The predicted octanol–water partition coefficient (Wildman–Crippen LogP) is 3.33. The van der Waals surface area contributed by atoms with Crippen LogP contribution in [0.4, 0.5) is 13.2 Å². The van der Waals surface area contributed by atoms with Crippen molar-refractivity contribution in [1.29, 1.82) is 0 Å². The SMILES string of the molecule is CC(c1ccc(OC(F)(F)F)cc1)N(C)C1CCCNC1. The molecule has 0 aromatic heterocycles. The fraction of sp³-hybridized carbons (Fsp3) is 0.600. The van der Waals surface area contributed by atoms with Crippen molar-refractivity contribution in [3.63, 3.8) is 0 Å². The molecule has 1 aliphatic heterocycles. The van der Waals surface area contributed by atoms with Gasteiger partial charge in [-0.05, 0) is 51.1 Å². The van der Waals surface area contributed by atoms with Crippen LogP contribution in [0.5, 0.6) is 5.75 Å². The molecule has 6 heteroatoms. The number of benzene rings is 1. The number of nitrogens with zero attached hydrogens (tertiary/aromatic N) is 1. The number of halogens is 3. The molecule has 1 saturated heterocycles. The van der Waals surface area contributed by atoms with Crippen molar-refractivity contribution in [2.45, 2.75) is 38.2 Å². The number of hydrogen-bond donors (Lipinski definition) is 1.